The number of anilines is 2. The fraction of sp³-hybridized carbons (Fsp3) is 0.455. The highest BCUT2D eigenvalue weighted by atomic mass is 35.5. The Hall–Kier alpha value is -4.04. The second-order valence-electron chi connectivity index (χ2n) is 12.9. The number of thiophene rings is 1. The van der Waals surface area contributed by atoms with Gasteiger partial charge in [-0.3, -0.25) is 4.90 Å². The Morgan fingerprint density at radius 2 is 2.06 bits per heavy atom. The fourth-order valence-corrected chi connectivity index (χ4v) is 9.38. The van der Waals surface area contributed by atoms with Crippen LogP contribution in [0.3, 0.4) is 0 Å². The van der Waals surface area contributed by atoms with E-state index in [1.165, 1.54) is 12.1 Å². The number of hydrogen-bond donors (Lipinski definition) is 1. The number of piperidine rings is 1. The molecule has 0 spiro atoms. The predicted octanol–water partition coefficient (Wildman–Crippen LogP) is 6.74. The zero-order chi connectivity index (χ0) is 32.6. The molecule has 4 aliphatic rings. The van der Waals surface area contributed by atoms with Crippen molar-refractivity contribution in [3.63, 3.8) is 0 Å². The molecule has 47 heavy (non-hydrogen) atoms. The number of alkyl halides is 1. The molecule has 2 aromatic heterocycles. The first-order chi connectivity index (χ1) is 22.7. The van der Waals surface area contributed by atoms with E-state index >= 15 is 4.39 Å². The van der Waals surface area contributed by atoms with Crippen molar-refractivity contribution in [2.75, 3.05) is 43.5 Å². The Kier molecular flexibility index (Phi) is 7.28. The lowest BCUT2D eigenvalue weighted by Gasteiger charge is -2.38. The van der Waals surface area contributed by atoms with Gasteiger partial charge in [0, 0.05) is 36.9 Å². The van der Waals surface area contributed by atoms with Gasteiger partial charge in [-0.05, 0) is 49.8 Å². The van der Waals surface area contributed by atoms with E-state index in [1.54, 1.807) is 0 Å². The molecule has 0 saturated carbocycles. The highest BCUT2D eigenvalue weighted by molar-refractivity contribution is 7.23. The summed E-state index contributed by atoms with van der Waals surface area (Å²) in [5, 5.41) is 19.8. The summed E-state index contributed by atoms with van der Waals surface area (Å²) in [6.07, 6.45) is 2.90. The maximum Gasteiger partial charge on any atom is 0.319 e. The van der Waals surface area contributed by atoms with Crippen LogP contribution in [0.2, 0.25) is 5.02 Å². The largest absolute Gasteiger partial charge is 0.489 e. The lowest BCUT2D eigenvalue weighted by molar-refractivity contribution is 0.107. The minimum absolute atomic E-state index is 0.0259. The summed E-state index contributed by atoms with van der Waals surface area (Å²) < 4.78 is 59.3. The Labute approximate surface area is 277 Å². The average Bonchev–Trinajstić information content (AvgIpc) is 3.66. The van der Waals surface area contributed by atoms with Crippen molar-refractivity contribution in [3.05, 3.63) is 34.4 Å². The van der Waals surface area contributed by atoms with Gasteiger partial charge in [-0.15, -0.1) is 11.3 Å². The third-order valence-electron chi connectivity index (χ3n) is 10.3. The summed E-state index contributed by atoms with van der Waals surface area (Å²) in [6.45, 7) is 2.03. The van der Waals surface area contributed by atoms with E-state index in [0.29, 0.717) is 38.2 Å². The Morgan fingerprint density at radius 3 is 2.87 bits per heavy atom. The first kappa shape index (κ1) is 30.3. The van der Waals surface area contributed by atoms with Gasteiger partial charge in [-0.25, -0.2) is 13.2 Å². The molecular formula is C33H29ClF3N7O2S. The van der Waals surface area contributed by atoms with Crippen molar-refractivity contribution >= 4 is 54.7 Å². The lowest BCUT2D eigenvalue weighted by Crippen LogP contribution is -2.46. The molecule has 4 atom stereocenters. The molecule has 2 unspecified atom stereocenters. The number of nitrogens with two attached hydrogens (primary N) is 1. The summed E-state index contributed by atoms with van der Waals surface area (Å²) in [5.74, 6) is -0.674. The van der Waals surface area contributed by atoms with Gasteiger partial charge < -0.3 is 20.1 Å². The maximum atomic E-state index is 17.1. The summed E-state index contributed by atoms with van der Waals surface area (Å²) in [6, 6.07) is 6.61. The average molecular weight is 680 g/mol. The fourth-order valence-electron chi connectivity index (χ4n) is 8.10. The molecule has 14 heteroatoms. The van der Waals surface area contributed by atoms with Crippen LogP contribution in [0.4, 0.5) is 24.0 Å². The quantitative estimate of drug-likeness (QED) is 0.244. The van der Waals surface area contributed by atoms with Crippen molar-refractivity contribution in [1.29, 1.82) is 10.5 Å². The van der Waals surface area contributed by atoms with Crippen LogP contribution in [0, 0.1) is 40.2 Å². The molecule has 0 aliphatic carbocycles. The van der Waals surface area contributed by atoms with Gasteiger partial charge in [0.1, 0.15) is 47.6 Å². The smallest absolute Gasteiger partial charge is 0.319 e. The maximum absolute atomic E-state index is 17.1. The van der Waals surface area contributed by atoms with Crippen LogP contribution in [0.1, 0.15) is 44.1 Å². The van der Waals surface area contributed by atoms with Crippen LogP contribution in [-0.4, -0.2) is 65.5 Å². The number of nitrogens with zero attached hydrogens (tertiary/aromatic N) is 6. The van der Waals surface area contributed by atoms with Crippen LogP contribution in [0.25, 0.3) is 32.1 Å². The summed E-state index contributed by atoms with van der Waals surface area (Å²) in [5.41, 5.74) is 5.60. The first-order valence-electron chi connectivity index (χ1n) is 15.6. The predicted molar refractivity (Wildman–Crippen MR) is 173 cm³/mol. The van der Waals surface area contributed by atoms with Crippen LogP contribution in [0.15, 0.2) is 12.1 Å². The lowest BCUT2D eigenvalue weighted by atomic mass is 9.89. The van der Waals surface area contributed by atoms with Crippen LogP contribution >= 0.6 is 22.9 Å². The first-order valence-corrected chi connectivity index (χ1v) is 16.8. The molecule has 0 amide bonds. The minimum atomic E-state index is -0.949. The molecule has 6 heterocycles. The normalized spacial score (nSPS) is 25.2. The van der Waals surface area contributed by atoms with E-state index in [2.05, 4.69) is 16.0 Å². The van der Waals surface area contributed by atoms with Gasteiger partial charge in [0.15, 0.2) is 11.6 Å². The molecule has 0 bridgehead atoms. The monoisotopic (exact) mass is 679 g/mol. The number of nitrogen functional groups attached to an aromatic ring is 1. The van der Waals surface area contributed by atoms with E-state index in [1.807, 2.05) is 11.0 Å². The number of rotatable bonds is 5. The van der Waals surface area contributed by atoms with Crippen molar-refractivity contribution < 1.29 is 22.6 Å². The minimum Gasteiger partial charge on any atom is -0.489 e. The van der Waals surface area contributed by atoms with Gasteiger partial charge in [-0.1, -0.05) is 17.7 Å². The van der Waals surface area contributed by atoms with Crippen LogP contribution in [0.5, 0.6) is 11.8 Å². The van der Waals surface area contributed by atoms with Crippen molar-refractivity contribution in [2.24, 2.45) is 5.92 Å². The molecule has 242 valence electrons. The van der Waals surface area contributed by atoms with Gasteiger partial charge in [0.2, 0.25) is 0 Å². The summed E-state index contributed by atoms with van der Waals surface area (Å²) in [7, 11) is 0. The number of ether oxygens (including phenoxy) is 2. The molecule has 4 aromatic rings. The number of hydrogen-bond acceptors (Lipinski definition) is 10. The SMILES string of the molecule is N#CCC1CCN2c3nc(OC[C@@]45CCCN4C[C@H](F)C5)nc4c(F)c(-c5ccc(F)c6sc(N)c(C#N)c56)c(Cl)c(c34)OCC2C1. The van der Waals surface area contributed by atoms with E-state index in [-0.39, 0.29) is 84.6 Å². The van der Waals surface area contributed by atoms with Gasteiger partial charge in [0.25, 0.3) is 0 Å². The van der Waals surface area contributed by atoms with Gasteiger partial charge in [0.05, 0.1) is 38.3 Å². The van der Waals surface area contributed by atoms with Gasteiger partial charge >= 0.3 is 6.01 Å². The van der Waals surface area contributed by atoms with Crippen molar-refractivity contribution in [1.82, 2.24) is 14.9 Å². The van der Waals surface area contributed by atoms with Crippen molar-refractivity contribution in [3.8, 4) is 35.0 Å². The Balaban J connectivity index is 1.32. The number of fused-ring (bicyclic) bond motifs is 4. The zero-order valence-electron chi connectivity index (χ0n) is 25.2. The highest BCUT2D eigenvalue weighted by Crippen LogP contribution is 2.52. The second kappa shape index (κ2) is 11.3. The van der Waals surface area contributed by atoms with E-state index in [4.69, 9.17) is 31.8 Å². The standard InChI is InChI=1S/C33H29ClF3N7O2S/c34-25-23(19-2-3-21(36)29-22(19)20(12-39)30(40)47-29)26(37)27-24-28(25)45-14-18-10-16(4-7-38)5-9-44(18)31(24)42-32(41-27)46-15-33-6-1-8-43(33)13-17(35)11-33/h2-3,16-18H,1,4-6,8-11,13-15,40H2/t16?,17-,18?,33+/m1/s1. The highest BCUT2D eigenvalue weighted by Gasteiger charge is 2.49. The third-order valence-corrected chi connectivity index (χ3v) is 11.7. The molecule has 2 aromatic carbocycles. The molecule has 4 aliphatic heterocycles. The summed E-state index contributed by atoms with van der Waals surface area (Å²) >= 11 is 7.93. The Morgan fingerprint density at radius 1 is 1.21 bits per heavy atom. The molecule has 2 N–H and O–H groups in total. The number of benzene rings is 2. The molecule has 8 rings (SSSR count). The van der Waals surface area contributed by atoms with Crippen molar-refractivity contribution in [2.45, 2.75) is 56.3 Å². The van der Waals surface area contributed by atoms with Crippen LogP contribution in [-0.2, 0) is 0 Å². The molecule has 0 radical (unpaired) electrons. The van der Waals surface area contributed by atoms with E-state index < -0.39 is 23.3 Å². The molecule has 3 saturated heterocycles. The third kappa shape index (κ3) is 4.66. The molecular weight excluding hydrogens is 651 g/mol. The zero-order valence-corrected chi connectivity index (χ0v) is 26.7. The number of halogens is 4. The van der Waals surface area contributed by atoms with Crippen LogP contribution < -0.4 is 20.1 Å². The number of nitriles is 2. The van der Waals surface area contributed by atoms with E-state index in [0.717, 1.165) is 37.1 Å². The second-order valence-corrected chi connectivity index (χ2v) is 14.3. The number of aromatic nitrogens is 2. The molecule has 3 fully saturated rings. The topological polar surface area (TPSA) is 124 Å². The van der Waals surface area contributed by atoms with Gasteiger partial charge in [-0.2, -0.15) is 20.5 Å². The molecule has 9 nitrogen and oxygen atoms in total. The van der Waals surface area contributed by atoms with E-state index in [9.17, 15) is 19.3 Å². The summed E-state index contributed by atoms with van der Waals surface area (Å²) in [4.78, 5) is 13.6. The Bertz CT molecular complexity index is 2050.